The molecule has 2 rings (SSSR count). The molecule has 0 spiro atoms. The van der Waals surface area contributed by atoms with Crippen molar-refractivity contribution in [3.8, 4) is 11.5 Å². The third-order valence-electron chi connectivity index (χ3n) is 3.06. The summed E-state index contributed by atoms with van der Waals surface area (Å²) in [6.45, 7) is 2.33. The molecule has 24 heavy (non-hydrogen) atoms. The molecule has 0 aliphatic heterocycles. The van der Waals surface area contributed by atoms with Crippen molar-refractivity contribution >= 4 is 12.0 Å². The molecule has 0 aromatic heterocycles. The first-order valence-corrected chi connectivity index (χ1v) is 7.18. The van der Waals surface area contributed by atoms with E-state index in [0.29, 0.717) is 12.2 Å². The van der Waals surface area contributed by atoms with Crippen LogP contribution in [0.2, 0.25) is 0 Å². The summed E-state index contributed by atoms with van der Waals surface area (Å²) in [5, 5.41) is 0. The average molecular weight is 334 g/mol. The van der Waals surface area contributed by atoms with Crippen LogP contribution in [0.1, 0.15) is 22.8 Å². The summed E-state index contributed by atoms with van der Waals surface area (Å²) < 4.78 is 41.8. The second kappa shape index (κ2) is 8.10. The molecule has 126 valence electrons. The maximum atomic E-state index is 13.7. The molecule has 0 fully saturated rings. The molecule has 6 heteroatoms. The molecule has 0 amide bonds. The second-order valence-corrected chi connectivity index (χ2v) is 4.68. The number of hydrogen-bond acceptors (Lipinski definition) is 4. The van der Waals surface area contributed by atoms with Gasteiger partial charge in [-0.25, -0.2) is 13.6 Å². The van der Waals surface area contributed by atoms with Crippen molar-refractivity contribution in [1.29, 1.82) is 0 Å². The van der Waals surface area contributed by atoms with Crippen molar-refractivity contribution in [1.82, 2.24) is 0 Å². The fourth-order valence-corrected chi connectivity index (χ4v) is 1.93. The van der Waals surface area contributed by atoms with Gasteiger partial charge < -0.3 is 14.2 Å². The summed E-state index contributed by atoms with van der Waals surface area (Å²) >= 11 is 0. The molecule has 0 saturated carbocycles. The third-order valence-corrected chi connectivity index (χ3v) is 3.06. The van der Waals surface area contributed by atoms with Gasteiger partial charge in [0.25, 0.3) is 0 Å². The van der Waals surface area contributed by atoms with Crippen molar-refractivity contribution < 1.29 is 27.8 Å². The van der Waals surface area contributed by atoms with Crippen molar-refractivity contribution in [3.63, 3.8) is 0 Å². The van der Waals surface area contributed by atoms with E-state index in [-0.39, 0.29) is 17.1 Å². The SMILES string of the molecule is CCOC=Cc1ccc(Oc2ccc(F)cc2F)cc1C(=O)OC. The molecule has 0 aliphatic rings. The van der Waals surface area contributed by atoms with Crippen LogP contribution in [0.15, 0.2) is 42.7 Å². The summed E-state index contributed by atoms with van der Waals surface area (Å²) in [6, 6.07) is 7.56. The highest BCUT2D eigenvalue weighted by Gasteiger charge is 2.13. The second-order valence-electron chi connectivity index (χ2n) is 4.68. The lowest BCUT2D eigenvalue weighted by atomic mass is 10.1. The molecular weight excluding hydrogens is 318 g/mol. The van der Waals surface area contributed by atoms with Gasteiger partial charge in [-0.1, -0.05) is 6.07 Å². The first kappa shape index (κ1) is 17.5. The first-order chi connectivity index (χ1) is 11.5. The zero-order chi connectivity index (χ0) is 17.5. The van der Waals surface area contributed by atoms with E-state index in [1.807, 2.05) is 6.92 Å². The Balaban J connectivity index is 2.33. The van der Waals surface area contributed by atoms with Gasteiger partial charge in [-0.05, 0) is 42.8 Å². The highest BCUT2D eigenvalue weighted by molar-refractivity contribution is 5.94. The fourth-order valence-electron chi connectivity index (χ4n) is 1.93. The van der Waals surface area contributed by atoms with Crippen molar-refractivity contribution in [3.05, 3.63) is 65.4 Å². The molecule has 2 aromatic carbocycles. The molecular formula is C18H16F2O4. The van der Waals surface area contributed by atoms with E-state index < -0.39 is 17.6 Å². The van der Waals surface area contributed by atoms with Gasteiger partial charge >= 0.3 is 5.97 Å². The number of methoxy groups -OCH3 is 1. The summed E-state index contributed by atoms with van der Waals surface area (Å²) in [6.07, 6.45) is 3.07. The van der Waals surface area contributed by atoms with Crippen LogP contribution < -0.4 is 4.74 Å². The Bertz CT molecular complexity index is 757. The molecule has 0 bridgehead atoms. The minimum absolute atomic E-state index is 0.148. The molecule has 0 atom stereocenters. The standard InChI is InChI=1S/C18H16F2O4/c1-3-23-9-8-12-4-6-14(11-15(12)18(21)22-2)24-17-7-5-13(19)10-16(17)20/h4-11H,3H2,1-2H3. The predicted octanol–water partition coefficient (Wildman–Crippen LogP) is 4.55. The van der Waals surface area contributed by atoms with Crippen LogP contribution in [0.3, 0.4) is 0 Å². The number of benzene rings is 2. The van der Waals surface area contributed by atoms with E-state index in [9.17, 15) is 13.6 Å². The first-order valence-electron chi connectivity index (χ1n) is 7.18. The van der Waals surface area contributed by atoms with E-state index >= 15 is 0 Å². The van der Waals surface area contributed by atoms with Gasteiger partial charge in [0.2, 0.25) is 0 Å². The van der Waals surface area contributed by atoms with Crippen LogP contribution in [0.5, 0.6) is 11.5 Å². The molecule has 0 heterocycles. The Hall–Kier alpha value is -2.89. The minimum atomic E-state index is -0.838. The van der Waals surface area contributed by atoms with Crippen LogP contribution >= 0.6 is 0 Å². The highest BCUT2D eigenvalue weighted by Crippen LogP contribution is 2.27. The van der Waals surface area contributed by atoms with Crippen molar-refractivity contribution in [2.45, 2.75) is 6.92 Å². The Morgan fingerprint density at radius 1 is 1.17 bits per heavy atom. The predicted molar refractivity (Wildman–Crippen MR) is 84.9 cm³/mol. The molecule has 0 aliphatic carbocycles. The summed E-state index contributed by atoms with van der Waals surface area (Å²) in [5.74, 6) is -2.04. The molecule has 0 N–H and O–H groups in total. The van der Waals surface area contributed by atoms with Gasteiger partial charge in [0.15, 0.2) is 11.6 Å². The van der Waals surface area contributed by atoms with Crippen LogP contribution in [-0.2, 0) is 9.47 Å². The molecule has 0 unspecified atom stereocenters. The fraction of sp³-hybridized carbons (Fsp3) is 0.167. The van der Waals surface area contributed by atoms with E-state index in [0.717, 1.165) is 12.1 Å². The lowest BCUT2D eigenvalue weighted by molar-refractivity contribution is 0.0600. The minimum Gasteiger partial charge on any atom is -0.501 e. The largest absolute Gasteiger partial charge is 0.501 e. The van der Waals surface area contributed by atoms with Gasteiger partial charge in [-0.3, -0.25) is 0 Å². The molecule has 0 radical (unpaired) electrons. The van der Waals surface area contributed by atoms with E-state index in [4.69, 9.17) is 14.2 Å². The van der Waals surface area contributed by atoms with Crippen LogP contribution in [0, 0.1) is 11.6 Å². The van der Waals surface area contributed by atoms with Gasteiger partial charge in [-0.15, -0.1) is 0 Å². The smallest absolute Gasteiger partial charge is 0.338 e. The number of carbonyl (C=O) groups excluding carboxylic acids is 1. The normalized spacial score (nSPS) is 10.7. The zero-order valence-electron chi connectivity index (χ0n) is 13.2. The maximum absolute atomic E-state index is 13.7. The van der Waals surface area contributed by atoms with Crippen LogP contribution in [0.25, 0.3) is 6.08 Å². The molecule has 2 aromatic rings. The van der Waals surface area contributed by atoms with E-state index in [2.05, 4.69) is 0 Å². The van der Waals surface area contributed by atoms with Gasteiger partial charge in [0.05, 0.1) is 25.5 Å². The van der Waals surface area contributed by atoms with Crippen LogP contribution in [0.4, 0.5) is 8.78 Å². The highest BCUT2D eigenvalue weighted by atomic mass is 19.1. The van der Waals surface area contributed by atoms with Crippen molar-refractivity contribution in [2.24, 2.45) is 0 Å². The summed E-state index contributed by atoms with van der Waals surface area (Å²) in [4.78, 5) is 11.9. The van der Waals surface area contributed by atoms with E-state index in [1.165, 1.54) is 25.5 Å². The number of rotatable bonds is 6. The van der Waals surface area contributed by atoms with Gasteiger partial charge in [0.1, 0.15) is 11.6 Å². The number of halogens is 2. The monoisotopic (exact) mass is 334 g/mol. The van der Waals surface area contributed by atoms with Crippen molar-refractivity contribution in [2.75, 3.05) is 13.7 Å². The topological polar surface area (TPSA) is 44.8 Å². The van der Waals surface area contributed by atoms with Gasteiger partial charge in [0, 0.05) is 6.07 Å². The Morgan fingerprint density at radius 3 is 2.62 bits per heavy atom. The Morgan fingerprint density at radius 2 is 1.96 bits per heavy atom. The van der Waals surface area contributed by atoms with Gasteiger partial charge in [-0.2, -0.15) is 0 Å². The Kier molecular flexibility index (Phi) is 5.89. The average Bonchev–Trinajstić information content (AvgIpc) is 2.58. The number of ether oxygens (including phenoxy) is 3. The van der Waals surface area contributed by atoms with Crippen LogP contribution in [-0.4, -0.2) is 19.7 Å². The number of esters is 1. The quantitative estimate of drug-likeness (QED) is 0.574. The lowest BCUT2D eigenvalue weighted by Crippen LogP contribution is -2.04. The third kappa shape index (κ3) is 4.32. The number of carbonyl (C=O) groups is 1. The van der Waals surface area contributed by atoms with E-state index in [1.54, 1.807) is 18.2 Å². The maximum Gasteiger partial charge on any atom is 0.338 e. The lowest BCUT2D eigenvalue weighted by Gasteiger charge is -2.10. The molecule has 0 saturated heterocycles. The molecule has 4 nitrogen and oxygen atoms in total. The number of hydrogen-bond donors (Lipinski definition) is 0. The summed E-state index contributed by atoms with van der Waals surface area (Å²) in [5.41, 5.74) is 0.788. The zero-order valence-corrected chi connectivity index (χ0v) is 13.2. The summed E-state index contributed by atoms with van der Waals surface area (Å²) in [7, 11) is 1.26. The Labute approximate surface area is 138 Å².